The van der Waals surface area contributed by atoms with Crippen molar-refractivity contribution in [2.45, 2.75) is 12.5 Å². The Kier molecular flexibility index (Phi) is 4.47. The molecule has 2 nitrogen and oxygen atoms in total. The van der Waals surface area contributed by atoms with Crippen LogP contribution in [0.5, 0.6) is 0 Å². The third-order valence-corrected chi connectivity index (χ3v) is 2.86. The van der Waals surface area contributed by atoms with E-state index in [0.29, 0.717) is 5.56 Å². The Hall–Kier alpha value is -1.94. The largest absolute Gasteiger partial charge is 0.394 e. The first kappa shape index (κ1) is 13.5. The van der Waals surface area contributed by atoms with Crippen LogP contribution in [0.2, 0.25) is 0 Å². The quantitative estimate of drug-likeness (QED) is 0.860. The van der Waals surface area contributed by atoms with Crippen LogP contribution in [0.15, 0.2) is 54.6 Å². The molecule has 0 radical (unpaired) electrons. The van der Waals surface area contributed by atoms with Crippen molar-refractivity contribution in [1.29, 1.82) is 0 Å². The summed E-state index contributed by atoms with van der Waals surface area (Å²) in [6, 6.07) is 15.0. The summed E-state index contributed by atoms with van der Waals surface area (Å²) in [4.78, 5) is 0. The summed E-state index contributed by atoms with van der Waals surface area (Å²) in [6.07, 6.45) is -2.50. The lowest BCUT2D eigenvalue weighted by atomic mass is 10.0. The lowest BCUT2D eigenvalue weighted by Crippen LogP contribution is -2.15. The second-order valence-electron chi connectivity index (χ2n) is 4.22. The fourth-order valence-corrected chi connectivity index (χ4v) is 1.88. The minimum atomic E-state index is -2.50. The van der Waals surface area contributed by atoms with Gasteiger partial charge in [0.15, 0.2) is 0 Å². The molecule has 0 aliphatic carbocycles. The number of hydrogen-bond donors (Lipinski definition) is 2. The van der Waals surface area contributed by atoms with E-state index in [0.717, 1.165) is 5.69 Å². The minimum absolute atomic E-state index is 0.0363. The predicted octanol–water partition coefficient (Wildman–Crippen LogP) is 3.77. The first-order valence-electron chi connectivity index (χ1n) is 6.01. The van der Waals surface area contributed by atoms with Crippen LogP contribution in [0.1, 0.15) is 23.6 Å². The van der Waals surface area contributed by atoms with Crippen molar-refractivity contribution in [3.8, 4) is 0 Å². The van der Waals surface area contributed by atoms with Crippen LogP contribution in [0.3, 0.4) is 0 Å². The molecular weight excluding hydrogens is 248 g/mol. The zero-order valence-electron chi connectivity index (χ0n) is 10.3. The zero-order chi connectivity index (χ0) is 13.7. The average molecular weight is 263 g/mol. The van der Waals surface area contributed by atoms with E-state index >= 15 is 0 Å². The van der Waals surface area contributed by atoms with Gasteiger partial charge in [0.25, 0.3) is 6.43 Å². The average Bonchev–Trinajstić information content (AvgIpc) is 2.46. The number of aliphatic hydroxyl groups is 1. The van der Waals surface area contributed by atoms with E-state index in [1.54, 1.807) is 12.1 Å². The molecule has 0 spiro atoms. The van der Waals surface area contributed by atoms with Crippen LogP contribution in [-0.4, -0.2) is 11.7 Å². The first-order chi connectivity index (χ1) is 9.20. The molecule has 1 unspecified atom stereocenters. The van der Waals surface area contributed by atoms with Crippen LogP contribution >= 0.6 is 0 Å². The standard InChI is InChI=1S/C15H15F2NO/c16-15(17)12-6-4-5-11(9-12)14(10-19)18-13-7-2-1-3-8-13/h1-9,14-15,18-19H,10H2. The normalized spacial score (nSPS) is 12.4. The molecule has 0 saturated heterocycles. The molecule has 2 N–H and O–H groups in total. The van der Waals surface area contributed by atoms with Gasteiger partial charge in [0.05, 0.1) is 12.6 Å². The van der Waals surface area contributed by atoms with Crippen molar-refractivity contribution < 1.29 is 13.9 Å². The highest BCUT2D eigenvalue weighted by molar-refractivity contribution is 5.45. The second-order valence-corrected chi connectivity index (χ2v) is 4.22. The molecule has 0 amide bonds. The van der Waals surface area contributed by atoms with Gasteiger partial charge in [-0.2, -0.15) is 0 Å². The molecule has 0 aliphatic heterocycles. The number of nitrogens with one attached hydrogen (secondary N) is 1. The topological polar surface area (TPSA) is 32.3 Å². The van der Waals surface area contributed by atoms with Gasteiger partial charge in [-0.15, -0.1) is 0 Å². The van der Waals surface area contributed by atoms with E-state index in [9.17, 15) is 13.9 Å². The third-order valence-electron chi connectivity index (χ3n) is 2.86. The van der Waals surface area contributed by atoms with Gasteiger partial charge in [-0.1, -0.05) is 36.4 Å². The van der Waals surface area contributed by atoms with Crippen molar-refractivity contribution in [2.75, 3.05) is 11.9 Å². The Morgan fingerprint density at radius 3 is 2.26 bits per heavy atom. The smallest absolute Gasteiger partial charge is 0.263 e. The molecule has 100 valence electrons. The Labute approximate surface area is 110 Å². The molecule has 4 heteroatoms. The van der Waals surface area contributed by atoms with Crippen LogP contribution in [0.4, 0.5) is 14.5 Å². The molecule has 0 aliphatic rings. The summed E-state index contributed by atoms with van der Waals surface area (Å²) in [7, 11) is 0. The Bertz CT molecular complexity index is 517. The van der Waals surface area contributed by atoms with Crippen molar-refractivity contribution in [1.82, 2.24) is 0 Å². The molecule has 0 bridgehead atoms. The maximum Gasteiger partial charge on any atom is 0.263 e. The fourth-order valence-electron chi connectivity index (χ4n) is 1.88. The van der Waals surface area contributed by atoms with Crippen LogP contribution < -0.4 is 5.32 Å². The number of rotatable bonds is 5. The summed E-state index contributed by atoms with van der Waals surface area (Å²) < 4.78 is 25.3. The number of alkyl halides is 2. The van der Waals surface area contributed by atoms with E-state index in [4.69, 9.17) is 0 Å². The molecule has 2 aromatic rings. The molecule has 0 saturated carbocycles. The van der Waals surface area contributed by atoms with Gasteiger partial charge < -0.3 is 10.4 Å². The summed E-state index contributed by atoms with van der Waals surface area (Å²) in [6.45, 7) is -0.165. The molecule has 2 aromatic carbocycles. The van der Waals surface area contributed by atoms with Crippen molar-refractivity contribution in [3.05, 3.63) is 65.7 Å². The molecule has 19 heavy (non-hydrogen) atoms. The fraction of sp³-hybridized carbons (Fsp3) is 0.200. The summed E-state index contributed by atoms with van der Waals surface area (Å²) in [5.41, 5.74) is 1.44. The number of halogens is 2. The summed E-state index contributed by atoms with van der Waals surface area (Å²) in [5.74, 6) is 0. The van der Waals surface area contributed by atoms with E-state index in [1.165, 1.54) is 12.1 Å². The SMILES string of the molecule is OCC(Nc1ccccc1)c1cccc(C(F)F)c1. The van der Waals surface area contributed by atoms with Crippen LogP contribution in [-0.2, 0) is 0 Å². The highest BCUT2D eigenvalue weighted by atomic mass is 19.3. The number of hydrogen-bond acceptors (Lipinski definition) is 2. The molecule has 1 atom stereocenters. The third kappa shape index (κ3) is 3.51. The maximum absolute atomic E-state index is 12.7. The van der Waals surface area contributed by atoms with Gasteiger partial charge in [0.1, 0.15) is 0 Å². The van der Waals surface area contributed by atoms with E-state index in [-0.39, 0.29) is 12.2 Å². The Morgan fingerprint density at radius 2 is 1.63 bits per heavy atom. The zero-order valence-corrected chi connectivity index (χ0v) is 10.3. The summed E-state index contributed by atoms with van der Waals surface area (Å²) in [5, 5.41) is 12.5. The Morgan fingerprint density at radius 1 is 0.947 bits per heavy atom. The summed E-state index contributed by atoms with van der Waals surface area (Å²) >= 11 is 0. The van der Waals surface area contributed by atoms with Gasteiger partial charge in [0, 0.05) is 11.3 Å². The van der Waals surface area contributed by atoms with Gasteiger partial charge in [0.2, 0.25) is 0 Å². The van der Waals surface area contributed by atoms with E-state index < -0.39 is 12.5 Å². The number of aliphatic hydroxyl groups excluding tert-OH is 1. The van der Waals surface area contributed by atoms with E-state index in [2.05, 4.69) is 5.32 Å². The van der Waals surface area contributed by atoms with Gasteiger partial charge in [-0.25, -0.2) is 8.78 Å². The van der Waals surface area contributed by atoms with Crippen molar-refractivity contribution in [3.63, 3.8) is 0 Å². The minimum Gasteiger partial charge on any atom is -0.394 e. The second kappa shape index (κ2) is 6.29. The lowest BCUT2D eigenvalue weighted by molar-refractivity contribution is 0.151. The van der Waals surface area contributed by atoms with Gasteiger partial charge in [-0.3, -0.25) is 0 Å². The molecule has 2 rings (SSSR count). The van der Waals surface area contributed by atoms with Gasteiger partial charge >= 0.3 is 0 Å². The highest BCUT2D eigenvalue weighted by Gasteiger charge is 2.13. The van der Waals surface area contributed by atoms with Crippen LogP contribution in [0, 0.1) is 0 Å². The lowest BCUT2D eigenvalue weighted by Gasteiger charge is -2.18. The monoisotopic (exact) mass is 263 g/mol. The molecule has 0 aromatic heterocycles. The Balaban J connectivity index is 2.20. The van der Waals surface area contributed by atoms with Crippen LogP contribution in [0.25, 0.3) is 0 Å². The predicted molar refractivity (Wildman–Crippen MR) is 71.3 cm³/mol. The first-order valence-corrected chi connectivity index (χ1v) is 6.01. The highest BCUT2D eigenvalue weighted by Crippen LogP contribution is 2.24. The number of anilines is 1. The molecular formula is C15H15F2NO. The maximum atomic E-state index is 12.7. The number of benzene rings is 2. The number of para-hydroxylation sites is 1. The molecule has 0 heterocycles. The van der Waals surface area contributed by atoms with Crippen molar-refractivity contribution >= 4 is 5.69 Å². The van der Waals surface area contributed by atoms with Gasteiger partial charge in [-0.05, 0) is 23.8 Å². The molecule has 0 fully saturated rings. The van der Waals surface area contributed by atoms with E-state index in [1.807, 2.05) is 30.3 Å². The van der Waals surface area contributed by atoms with Crippen molar-refractivity contribution in [2.24, 2.45) is 0 Å².